The zero-order valence-electron chi connectivity index (χ0n) is 17.1. The Labute approximate surface area is 179 Å². The van der Waals surface area contributed by atoms with E-state index in [0.29, 0.717) is 6.54 Å². The van der Waals surface area contributed by atoms with E-state index in [1.54, 1.807) is 18.3 Å². The summed E-state index contributed by atoms with van der Waals surface area (Å²) in [5.74, 6) is 0.581. The highest BCUT2D eigenvalue weighted by molar-refractivity contribution is 5.64. The highest BCUT2D eigenvalue weighted by atomic mass is 19.1. The van der Waals surface area contributed by atoms with Gasteiger partial charge in [-0.3, -0.25) is 0 Å². The fourth-order valence-electron chi connectivity index (χ4n) is 3.58. The molecule has 0 aliphatic heterocycles. The quantitative estimate of drug-likeness (QED) is 0.414. The van der Waals surface area contributed by atoms with Crippen LogP contribution < -0.4 is 4.90 Å². The second-order valence-electron chi connectivity index (χ2n) is 7.52. The van der Waals surface area contributed by atoms with Gasteiger partial charge in [-0.25, -0.2) is 18.9 Å². The first-order valence-corrected chi connectivity index (χ1v) is 10.0. The molecule has 0 fully saturated rings. The van der Waals surface area contributed by atoms with Crippen molar-refractivity contribution in [1.29, 1.82) is 0 Å². The monoisotopic (exact) mass is 412 g/mol. The van der Waals surface area contributed by atoms with Crippen molar-refractivity contribution in [2.75, 3.05) is 11.9 Å². The second kappa shape index (κ2) is 8.02. The molecule has 7 heteroatoms. The van der Waals surface area contributed by atoms with Crippen molar-refractivity contribution in [3.05, 3.63) is 103 Å². The topological polar surface area (TPSA) is 51.2 Å². The molecule has 3 heterocycles. The Morgan fingerprint density at radius 2 is 1.71 bits per heavy atom. The molecule has 0 unspecified atom stereocenters. The van der Waals surface area contributed by atoms with Gasteiger partial charge in [0.1, 0.15) is 11.6 Å². The Kier molecular flexibility index (Phi) is 4.92. The van der Waals surface area contributed by atoms with Crippen LogP contribution in [0.5, 0.6) is 0 Å². The molecule has 6 nitrogen and oxygen atoms in total. The van der Waals surface area contributed by atoms with E-state index in [-0.39, 0.29) is 5.82 Å². The minimum atomic E-state index is -0.231. The number of imidazole rings is 2. The van der Waals surface area contributed by atoms with Crippen LogP contribution in [0.1, 0.15) is 11.1 Å². The summed E-state index contributed by atoms with van der Waals surface area (Å²) in [6.07, 6.45) is 7.39. The molecule has 0 aliphatic carbocycles. The maximum Gasteiger partial charge on any atom is 0.154 e. The van der Waals surface area contributed by atoms with Crippen LogP contribution in [0.3, 0.4) is 0 Å². The molecule has 5 aromatic rings. The minimum Gasteiger partial charge on any atom is -0.354 e. The zero-order valence-corrected chi connectivity index (χ0v) is 17.1. The Hall–Kier alpha value is -4.00. The molecule has 5 rings (SSSR count). The van der Waals surface area contributed by atoms with Gasteiger partial charge in [0, 0.05) is 38.1 Å². The first kappa shape index (κ1) is 19.0. The van der Waals surface area contributed by atoms with E-state index >= 15 is 0 Å². The number of hydrogen-bond donors (Lipinski definition) is 0. The van der Waals surface area contributed by atoms with Gasteiger partial charge in [-0.2, -0.15) is 0 Å². The van der Waals surface area contributed by atoms with Crippen LogP contribution >= 0.6 is 0 Å². The number of benzene rings is 2. The number of anilines is 1. The molecule has 0 bridgehead atoms. The molecule has 0 saturated carbocycles. The largest absolute Gasteiger partial charge is 0.354 e. The van der Waals surface area contributed by atoms with Crippen molar-refractivity contribution in [2.24, 2.45) is 0 Å². The van der Waals surface area contributed by atoms with Gasteiger partial charge in [-0.1, -0.05) is 36.4 Å². The normalized spacial score (nSPS) is 11.2. The maximum absolute atomic E-state index is 13.2. The lowest BCUT2D eigenvalue weighted by atomic mass is 10.1. The summed E-state index contributed by atoms with van der Waals surface area (Å²) in [7, 11) is 1.97. The Morgan fingerprint density at radius 1 is 0.935 bits per heavy atom. The third-order valence-corrected chi connectivity index (χ3v) is 5.25. The third kappa shape index (κ3) is 4.02. The lowest BCUT2D eigenvalue weighted by Gasteiger charge is -2.18. The van der Waals surface area contributed by atoms with Gasteiger partial charge in [0.05, 0.1) is 18.2 Å². The van der Waals surface area contributed by atoms with E-state index in [0.717, 1.165) is 34.8 Å². The highest BCUT2D eigenvalue weighted by Gasteiger charge is 2.11. The van der Waals surface area contributed by atoms with Gasteiger partial charge >= 0.3 is 0 Å². The van der Waals surface area contributed by atoms with E-state index in [1.165, 1.54) is 17.7 Å². The van der Waals surface area contributed by atoms with E-state index < -0.39 is 0 Å². The molecule has 0 spiro atoms. The summed E-state index contributed by atoms with van der Waals surface area (Å²) < 4.78 is 17.1. The van der Waals surface area contributed by atoms with E-state index in [9.17, 15) is 4.39 Å². The maximum atomic E-state index is 13.2. The van der Waals surface area contributed by atoms with E-state index in [1.807, 2.05) is 51.9 Å². The van der Waals surface area contributed by atoms with Crippen molar-refractivity contribution >= 4 is 11.5 Å². The van der Waals surface area contributed by atoms with Crippen LogP contribution in [0.2, 0.25) is 0 Å². The summed E-state index contributed by atoms with van der Waals surface area (Å²) >= 11 is 0. The first-order valence-electron chi connectivity index (χ1n) is 10.0. The Balaban J connectivity index is 1.40. The lowest BCUT2D eigenvalue weighted by molar-refractivity contribution is 0.627. The number of rotatable bonds is 6. The van der Waals surface area contributed by atoms with Gasteiger partial charge < -0.3 is 9.47 Å². The van der Waals surface area contributed by atoms with Crippen molar-refractivity contribution in [3.63, 3.8) is 0 Å². The number of halogens is 1. The average molecular weight is 412 g/mol. The molecule has 31 heavy (non-hydrogen) atoms. The van der Waals surface area contributed by atoms with Crippen LogP contribution in [-0.2, 0) is 13.1 Å². The van der Waals surface area contributed by atoms with Crippen LogP contribution in [-0.4, -0.2) is 31.2 Å². The molecule has 0 saturated heterocycles. The molecule has 0 radical (unpaired) electrons. The van der Waals surface area contributed by atoms with Gasteiger partial charge in [0.2, 0.25) is 0 Å². The lowest BCUT2D eigenvalue weighted by Crippen LogP contribution is -2.18. The molecule has 0 N–H and O–H groups in total. The van der Waals surface area contributed by atoms with Crippen LogP contribution in [0.15, 0.2) is 85.6 Å². The molecule has 154 valence electrons. The molecular weight excluding hydrogens is 391 g/mol. The van der Waals surface area contributed by atoms with Crippen LogP contribution in [0, 0.1) is 5.82 Å². The average Bonchev–Trinajstić information content (AvgIpc) is 3.45. The first-order chi connectivity index (χ1) is 15.2. The van der Waals surface area contributed by atoms with Crippen molar-refractivity contribution in [2.45, 2.75) is 13.1 Å². The van der Waals surface area contributed by atoms with Crippen molar-refractivity contribution in [3.8, 4) is 11.3 Å². The fourth-order valence-corrected chi connectivity index (χ4v) is 3.58. The fraction of sp³-hybridized carbons (Fsp3) is 0.125. The highest BCUT2D eigenvalue weighted by Crippen LogP contribution is 2.23. The Morgan fingerprint density at radius 3 is 2.45 bits per heavy atom. The van der Waals surface area contributed by atoms with Crippen LogP contribution in [0.25, 0.3) is 16.9 Å². The third-order valence-electron chi connectivity index (χ3n) is 5.25. The van der Waals surface area contributed by atoms with Gasteiger partial charge in [-0.15, -0.1) is 5.10 Å². The molecule has 0 amide bonds. The predicted octanol–water partition coefficient (Wildman–Crippen LogP) is 4.42. The standard InChI is InChI=1S/C24H21FN6/c1-29(15-18-4-8-21(25)9-5-18)24-11-10-23-27-14-22(31(23)28-24)20-6-2-19(3-7-20)16-30-13-12-26-17-30/h2-14,17H,15-16H2,1H3. The number of hydrogen-bond acceptors (Lipinski definition) is 4. The summed E-state index contributed by atoms with van der Waals surface area (Å²) in [5, 5.41) is 4.80. The van der Waals surface area contributed by atoms with Gasteiger partial charge in [0.25, 0.3) is 0 Å². The molecule has 3 aromatic heterocycles. The summed E-state index contributed by atoms with van der Waals surface area (Å²) in [6.45, 7) is 1.41. The summed E-state index contributed by atoms with van der Waals surface area (Å²) in [5.41, 5.74) is 4.98. The van der Waals surface area contributed by atoms with Gasteiger partial charge in [0.15, 0.2) is 5.65 Å². The Bertz CT molecular complexity index is 1290. The molecular formula is C24H21FN6. The van der Waals surface area contributed by atoms with Gasteiger partial charge in [-0.05, 0) is 35.4 Å². The summed E-state index contributed by atoms with van der Waals surface area (Å²) in [4.78, 5) is 10.6. The SMILES string of the molecule is CN(Cc1ccc(F)cc1)c1ccc2ncc(-c3ccc(Cn4ccnc4)cc3)n2n1. The molecule has 0 aliphatic rings. The number of aromatic nitrogens is 5. The van der Waals surface area contributed by atoms with E-state index in [4.69, 9.17) is 5.10 Å². The molecule has 2 aromatic carbocycles. The summed E-state index contributed by atoms with van der Waals surface area (Å²) in [6, 6.07) is 18.8. The van der Waals surface area contributed by atoms with Crippen LogP contribution in [0.4, 0.5) is 10.2 Å². The van der Waals surface area contributed by atoms with Crippen molar-refractivity contribution in [1.82, 2.24) is 24.1 Å². The molecule has 0 atom stereocenters. The van der Waals surface area contributed by atoms with Crippen molar-refractivity contribution < 1.29 is 4.39 Å². The second-order valence-corrected chi connectivity index (χ2v) is 7.52. The number of nitrogens with zero attached hydrogens (tertiary/aromatic N) is 6. The predicted molar refractivity (Wildman–Crippen MR) is 118 cm³/mol. The minimum absolute atomic E-state index is 0.231. The zero-order chi connectivity index (χ0) is 21.2. The number of fused-ring (bicyclic) bond motifs is 1. The van der Waals surface area contributed by atoms with E-state index in [2.05, 4.69) is 34.2 Å². The smallest absolute Gasteiger partial charge is 0.154 e.